The van der Waals surface area contributed by atoms with Crippen LogP contribution in [0.1, 0.15) is 59.9 Å². The Morgan fingerprint density at radius 1 is 1.12 bits per heavy atom. The van der Waals surface area contributed by atoms with Crippen molar-refractivity contribution in [3.63, 3.8) is 0 Å². The zero-order chi connectivity index (χ0) is 29.4. The van der Waals surface area contributed by atoms with E-state index in [4.69, 9.17) is 4.74 Å². The molecule has 41 heavy (non-hydrogen) atoms. The van der Waals surface area contributed by atoms with Crippen molar-refractivity contribution in [2.45, 2.75) is 44.6 Å². The molecule has 11 nitrogen and oxygen atoms in total. The number of hydrogen-bond acceptors (Lipinski definition) is 9. The third-order valence-corrected chi connectivity index (χ3v) is 8.02. The van der Waals surface area contributed by atoms with E-state index in [-0.39, 0.29) is 34.2 Å². The number of rotatable bonds is 6. The molecular weight excluding hydrogens is 566 g/mol. The molecule has 2 bridgehead atoms. The van der Waals surface area contributed by atoms with Gasteiger partial charge in [0.1, 0.15) is 23.0 Å². The van der Waals surface area contributed by atoms with Crippen LogP contribution in [0.2, 0.25) is 0 Å². The van der Waals surface area contributed by atoms with Crippen molar-refractivity contribution < 1.29 is 41.6 Å². The van der Waals surface area contributed by atoms with Gasteiger partial charge in [0.25, 0.3) is 5.91 Å². The van der Waals surface area contributed by atoms with Gasteiger partial charge in [0.05, 0.1) is 30.9 Å². The van der Waals surface area contributed by atoms with Crippen LogP contribution in [0, 0.1) is 5.82 Å². The topological polar surface area (TPSA) is 146 Å². The molecule has 4 aromatic rings. The maximum Gasteiger partial charge on any atom is 0.387 e. The molecule has 0 fully saturated rings. The summed E-state index contributed by atoms with van der Waals surface area (Å²) in [4.78, 5) is 49.8. The van der Waals surface area contributed by atoms with Crippen LogP contribution in [0.3, 0.4) is 0 Å². The summed E-state index contributed by atoms with van der Waals surface area (Å²) in [6.07, 6.45) is 2.87. The number of halogens is 3. The van der Waals surface area contributed by atoms with Gasteiger partial charge in [-0.25, -0.2) is 19.3 Å². The summed E-state index contributed by atoms with van der Waals surface area (Å²) in [6, 6.07) is 6.05. The number of carbonyl (C=O) groups is 1. The Morgan fingerprint density at radius 2 is 1.83 bits per heavy atom. The van der Waals surface area contributed by atoms with Crippen LogP contribution in [0.4, 0.5) is 13.2 Å². The molecule has 6 rings (SSSR count). The molecule has 0 unspecified atom stereocenters. The Kier molecular flexibility index (Phi) is 6.23. The third-order valence-electron chi connectivity index (χ3n) is 7.34. The zero-order valence-electron chi connectivity index (χ0n) is 21.7. The highest BCUT2D eigenvalue weighted by atomic mass is 31.2. The average Bonchev–Trinajstić information content (AvgIpc) is 3.39. The first-order chi connectivity index (χ1) is 19.2. The molecule has 2 aromatic heterocycles. The number of hydrogen-bond donors (Lipinski definition) is 0. The number of imidazole rings is 1. The Hall–Kier alpha value is -3.84. The van der Waals surface area contributed by atoms with Crippen LogP contribution < -0.4 is 14.5 Å². The third kappa shape index (κ3) is 4.56. The van der Waals surface area contributed by atoms with E-state index in [1.54, 1.807) is 17.7 Å². The molecule has 0 radical (unpaired) electrons. The van der Waals surface area contributed by atoms with E-state index in [1.165, 1.54) is 55.4 Å². The molecule has 0 saturated carbocycles. The summed E-state index contributed by atoms with van der Waals surface area (Å²) in [6.45, 7) is -0.500. The molecule has 15 heteroatoms. The molecule has 2 aliphatic heterocycles. The first-order valence-corrected chi connectivity index (χ1v) is 13.8. The lowest BCUT2D eigenvalue weighted by molar-refractivity contribution is -0.349. The van der Waals surface area contributed by atoms with Gasteiger partial charge in [0.2, 0.25) is 0 Å². The molecule has 0 aliphatic carbocycles. The van der Waals surface area contributed by atoms with Gasteiger partial charge in [-0.05, 0) is 32.0 Å². The molecule has 214 valence electrons. The monoisotopic (exact) mass is 587 g/mol. The number of carbonyl (C=O) groups excluding carboxylic acids is 1. The van der Waals surface area contributed by atoms with Gasteiger partial charge in [-0.15, -0.1) is 0 Å². The van der Waals surface area contributed by atoms with E-state index in [0.717, 1.165) is 0 Å². The zero-order valence-corrected chi connectivity index (χ0v) is 22.6. The predicted octanol–water partition coefficient (Wildman–Crippen LogP) is 3.43. The Balaban J connectivity index is 1.48. The fourth-order valence-electron chi connectivity index (χ4n) is 5.62. The van der Waals surface area contributed by atoms with E-state index in [9.17, 15) is 27.9 Å². The van der Waals surface area contributed by atoms with Gasteiger partial charge in [-0.3, -0.25) is 4.79 Å². The van der Waals surface area contributed by atoms with Crippen LogP contribution in [0.15, 0.2) is 42.7 Å². The minimum Gasteiger partial charge on any atom is -0.790 e. The second-order valence-electron chi connectivity index (χ2n) is 10.3. The van der Waals surface area contributed by atoms with Gasteiger partial charge >= 0.3 is 6.61 Å². The van der Waals surface area contributed by atoms with Gasteiger partial charge in [-0.2, -0.15) is 8.78 Å². The van der Waals surface area contributed by atoms with Crippen LogP contribution in [0.25, 0.3) is 22.2 Å². The molecule has 2 aromatic carbocycles. The van der Waals surface area contributed by atoms with Gasteiger partial charge in [-0.1, -0.05) is 6.07 Å². The van der Waals surface area contributed by atoms with Gasteiger partial charge in [0, 0.05) is 54.2 Å². The predicted molar refractivity (Wildman–Crippen MR) is 133 cm³/mol. The number of benzene rings is 2. The molecule has 0 N–H and O–H groups in total. The number of phosphoric acid groups is 1. The molecule has 0 spiro atoms. The molecule has 2 aliphatic rings. The van der Waals surface area contributed by atoms with Crippen molar-refractivity contribution in [1.82, 2.24) is 24.4 Å². The van der Waals surface area contributed by atoms with E-state index in [2.05, 4.69) is 19.5 Å². The molecular formula is C26H21F3N5O6P-2. The number of nitrogens with zero attached hydrogens (tertiary/aromatic N) is 5. The van der Waals surface area contributed by atoms with Crippen molar-refractivity contribution in [3.05, 3.63) is 71.3 Å². The van der Waals surface area contributed by atoms with Crippen molar-refractivity contribution in [1.29, 1.82) is 0 Å². The summed E-state index contributed by atoms with van der Waals surface area (Å²) < 4.78 is 64.3. The number of ether oxygens (including phenoxy) is 1. The summed E-state index contributed by atoms with van der Waals surface area (Å²) in [5.41, 5.74) is -0.0408. The van der Waals surface area contributed by atoms with Crippen LogP contribution >= 0.6 is 7.82 Å². The minimum atomic E-state index is -5.34. The van der Waals surface area contributed by atoms with E-state index in [1.807, 2.05) is 0 Å². The Labute approximate surface area is 230 Å². The summed E-state index contributed by atoms with van der Waals surface area (Å²) in [7, 11) is -3.74. The highest BCUT2D eigenvalue weighted by Crippen LogP contribution is 2.50. The lowest BCUT2D eigenvalue weighted by Gasteiger charge is -2.36. The highest BCUT2D eigenvalue weighted by Gasteiger charge is 2.45. The van der Waals surface area contributed by atoms with Crippen molar-refractivity contribution in [2.75, 3.05) is 7.05 Å². The standard InChI is InChI=1S/C26H23F3N5O6P/c1-26(2,40-41(36,37)38)24-30-10-12(11-31-24)14-7-17-16(8-15(14)27)32-22-19-9-18(34(17)22)21-13(23(35)33(19)3)5-4-6-20(21)39-25(28)29/h4-8,10-11,18-19,25H,9H2,1-3H3,(H2,36,37,38)/p-2/t18-,19-/m1/s1. The van der Waals surface area contributed by atoms with Gasteiger partial charge < -0.3 is 33.1 Å². The number of alkyl halides is 2. The average molecular weight is 587 g/mol. The van der Waals surface area contributed by atoms with Crippen molar-refractivity contribution in [2.24, 2.45) is 0 Å². The van der Waals surface area contributed by atoms with Crippen molar-refractivity contribution in [3.8, 4) is 16.9 Å². The highest BCUT2D eigenvalue weighted by molar-refractivity contribution is 7.43. The van der Waals surface area contributed by atoms with E-state index < -0.39 is 37.9 Å². The lowest BCUT2D eigenvalue weighted by atomic mass is 9.97. The number of fused-ring (bicyclic) bond motifs is 9. The normalized spacial score (nSPS) is 18.6. The SMILES string of the molecule is CN1C(=O)c2cccc(OC(F)F)c2[C@H]2C[C@@H]1c1nc3cc(F)c(-c4cnc(C(C)(C)OP(=O)([O-])[O-])nc4)cc3n12. The largest absolute Gasteiger partial charge is 0.790 e. The smallest absolute Gasteiger partial charge is 0.387 e. The second-order valence-corrected chi connectivity index (χ2v) is 11.4. The van der Waals surface area contributed by atoms with E-state index >= 15 is 4.39 Å². The number of amides is 1. The first kappa shape index (κ1) is 27.3. The second kappa shape index (κ2) is 9.35. The first-order valence-electron chi connectivity index (χ1n) is 12.4. The maximum absolute atomic E-state index is 15.4. The summed E-state index contributed by atoms with van der Waals surface area (Å²) in [5, 5.41) is 0. The van der Waals surface area contributed by atoms with E-state index in [0.29, 0.717) is 28.8 Å². The Morgan fingerprint density at radius 3 is 2.49 bits per heavy atom. The van der Waals surface area contributed by atoms with Gasteiger partial charge in [0.15, 0.2) is 5.82 Å². The van der Waals surface area contributed by atoms with Crippen LogP contribution in [-0.4, -0.2) is 44.0 Å². The number of aromatic nitrogens is 4. The van der Waals surface area contributed by atoms with Crippen LogP contribution in [-0.2, 0) is 14.7 Å². The molecule has 4 heterocycles. The number of phosphoric ester groups is 1. The molecule has 0 saturated heterocycles. The lowest BCUT2D eigenvalue weighted by Crippen LogP contribution is -2.30. The summed E-state index contributed by atoms with van der Waals surface area (Å²) >= 11 is 0. The quantitative estimate of drug-likeness (QED) is 0.310. The fraction of sp³-hybridized carbons (Fsp3) is 0.308. The van der Waals surface area contributed by atoms with Crippen LogP contribution in [0.5, 0.6) is 5.75 Å². The summed E-state index contributed by atoms with van der Waals surface area (Å²) in [5.74, 6) is -0.788. The Bertz CT molecular complexity index is 1760. The molecule has 2 atom stereocenters. The molecule has 1 amide bonds. The van der Waals surface area contributed by atoms with Crippen molar-refractivity contribution >= 4 is 24.8 Å². The maximum atomic E-state index is 15.4. The minimum absolute atomic E-state index is 0.0878. The fourth-order valence-corrected chi connectivity index (χ4v) is 6.26.